The summed E-state index contributed by atoms with van der Waals surface area (Å²) in [6.07, 6.45) is 2.98. The van der Waals surface area contributed by atoms with Gasteiger partial charge in [0.25, 0.3) is 0 Å². The largest absolute Gasteiger partial charge is 0.467 e. The third kappa shape index (κ3) is 1.66. The van der Waals surface area contributed by atoms with Crippen molar-refractivity contribution in [2.45, 2.75) is 18.6 Å². The highest BCUT2D eigenvalue weighted by Crippen LogP contribution is 2.51. The Morgan fingerprint density at radius 3 is 2.86 bits per heavy atom. The van der Waals surface area contributed by atoms with Gasteiger partial charge >= 0.3 is 0 Å². The lowest BCUT2D eigenvalue weighted by molar-refractivity contribution is 0.0810. The molecule has 1 aromatic heterocycles. The van der Waals surface area contributed by atoms with Crippen molar-refractivity contribution in [3.8, 4) is 0 Å². The van der Waals surface area contributed by atoms with Crippen LogP contribution in [0.1, 0.15) is 29.9 Å². The van der Waals surface area contributed by atoms with Crippen LogP contribution in [0.5, 0.6) is 0 Å². The number of nitrogens with one attached hydrogen (secondary N) is 1. The fourth-order valence-corrected chi connectivity index (χ4v) is 3.97. The number of hydrogen-bond donors (Lipinski definition) is 1. The average Bonchev–Trinajstić information content (AvgIpc) is 3.25. The maximum atomic E-state index is 6.08. The van der Waals surface area contributed by atoms with E-state index in [9.17, 15) is 0 Å². The molecular formula is C19H17NO2. The summed E-state index contributed by atoms with van der Waals surface area (Å²) >= 11 is 0. The molecule has 0 unspecified atom stereocenters. The van der Waals surface area contributed by atoms with Gasteiger partial charge in [0.1, 0.15) is 5.76 Å². The fraction of sp³-hybridized carbons (Fsp3) is 0.263. The molecule has 3 atom stereocenters. The predicted molar refractivity (Wildman–Crippen MR) is 85.8 cm³/mol. The van der Waals surface area contributed by atoms with Crippen LogP contribution in [0.2, 0.25) is 0 Å². The summed E-state index contributed by atoms with van der Waals surface area (Å²) < 4.78 is 11.8. The molecule has 1 N–H and O–H groups in total. The third-order valence-corrected chi connectivity index (χ3v) is 4.98. The van der Waals surface area contributed by atoms with E-state index in [1.807, 2.05) is 6.07 Å². The molecule has 5 rings (SSSR count). The number of fused-ring (bicyclic) bond motifs is 5. The van der Waals surface area contributed by atoms with Gasteiger partial charge in [-0.05, 0) is 23.9 Å². The monoisotopic (exact) mass is 291 g/mol. The lowest BCUT2D eigenvalue weighted by Crippen LogP contribution is -2.29. The van der Waals surface area contributed by atoms with Gasteiger partial charge in [0, 0.05) is 29.2 Å². The summed E-state index contributed by atoms with van der Waals surface area (Å²) in [6, 6.07) is 17.1. The lowest BCUT2D eigenvalue weighted by atomic mass is 9.82. The molecule has 0 amide bonds. The Labute approximate surface area is 128 Å². The average molecular weight is 291 g/mol. The molecule has 0 bridgehead atoms. The van der Waals surface area contributed by atoms with Crippen LogP contribution >= 0.6 is 0 Å². The van der Waals surface area contributed by atoms with Gasteiger partial charge < -0.3 is 14.5 Å². The van der Waals surface area contributed by atoms with E-state index in [-0.39, 0.29) is 12.1 Å². The van der Waals surface area contributed by atoms with Gasteiger partial charge in [0.05, 0.1) is 18.4 Å². The second-order valence-electron chi connectivity index (χ2n) is 6.13. The van der Waals surface area contributed by atoms with Crippen LogP contribution in [-0.4, -0.2) is 6.61 Å². The number of rotatable bonds is 1. The maximum Gasteiger partial charge on any atom is 0.126 e. The van der Waals surface area contributed by atoms with Crippen LogP contribution < -0.4 is 5.32 Å². The molecule has 2 aromatic carbocycles. The summed E-state index contributed by atoms with van der Waals surface area (Å²) in [6.45, 7) is 0.820. The molecule has 1 saturated heterocycles. The Hall–Kier alpha value is -2.26. The Bertz CT molecular complexity index is 825. The molecule has 3 aromatic rings. The number of hydrogen-bond acceptors (Lipinski definition) is 3. The van der Waals surface area contributed by atoms with E-state index < -0.39 is 0 Å². The van der Waals surface area contributed by atoms with E-state index >= 15 is 0 Å². The number of furan rings is 1. The van der Waals surface area contributed by atoms with Crippen molar-refractivity contribution in [3.05, 3.63) is 66.1 Å². The SMILES string of the molecule is c1coc([C@H]2Nc3c(ccc4ccccc34)[C@@H]3OCC[C@H]23)c1. The first kappa shape index (κ1) is 12.3. The van der Waals surface area contributed by atoms with E-state index in [0.717, 1.165) is 18.8 Å². The van der Waals surface area contributed by atoms with Gasteiger partial charge in [-0.2, -0.15) is 0 Å². The molecule has 3 heterocycles. The summed E-state index contributed by atoms with van der Waals surface area (Å²) in [4.78, 5) is 0. The Balaban J connectivity index is 1.72. The first-order chi connectivity index (χ1) is 10.9. The predicted octanol–water partition coefficient (Wildman–Crippen LogP) is 4.68. The summed E-state index contributed by atoms with van der Waals surface area (Å²) in [5.74, 6) is 1.43. The normalized spacial score (nSPS) is 26.5. The Morgan fingerprint density at radius 1 is 1.00 bits per heavy atom. The molecule has 0 radical (unpaired) electrons. The quantitative estimate of drug-likeness (QED) is 0.707. The second kappa shape index (κ2) is 4.62. The van der Waals surface area contributed by atoms with E-state index in [1.165, 1.54) is 22.0 Å². The first-order valence-corrected chi connectivity index (χ1v) is 7.85. The van der Waals surface area contributed by atoms with Crippen LogP contribution in [-0.2, 0) is 4.74 Å². The lowest BCUT2D eigenvalue weighted by Gasteiger charge is -2.35. The Morgan fingerprint density at radius 2 is 1.95 bits per heavy atom. The maximum absolute atomic E-state index is 6.08. The van der Waals surface area contributed by atoms with E-state index in [1.54, 1.807) is 6.26 Å². The third-order valence-electron chi connectivity index (χ3n) is 4.98. The van der Waals surface area contributed by atoms with Gasteiger partial charge in [-0.3, -0.25) is 0 Å². The topological polar surface area (TPSA) is 34.4 Å². The first-order valence-electron chi connectivity index (χ1n) is 7.85. The molecule has 2 aliphatic rings. The highest BCUT2D eigenvalue weighted by molar-refractivity contribution is 5.96. The van der Waals surface area contributed by atoms with E-state index in [4.69, 9.17) is 9.15 Å². The highest BCUT2D eigenvalue weighted by Gasteiger charge is 2.42. The minimum absolute atomic E-state index is 0.163. The van der Waals surface area contributed by atoms with Gasteiger partial charge in [-0.1, -0.05) is 36.4 Å². The smallest absolute Gasteiger partial charge is 0.126 e. The highest BCUT2D eigenvalue weighted by atomic mass is 16.5. The van der Waals surface area contributed by atoms with Crippen molar-refractivity contribution in [1.82, 2.24) is 0 Å². The zero-order valence-electron chi connectivity index (χ0n) is 12.2. The number of anilines is 1. The molecule has 1 fully saturated rings. The van der Waals surface area contributed by atoms with Crippen molar-refractivity contribution in [2.75, 3.05) is 11.9 Å². The van der Waals surface area contributed by atoms with Gasteiger partial charge in [-0.15, -0.1) is 0 Å². The van der Waals surface area contributed by atoms with Crippen molar-refractivity contribution in [2.24, 2.45) is 5.92 Å². The molecule has 110 valence electrons. The van der Waals surface area contributed by atoms with Gasteiger partial charge in [-0.25, -0.2) is 0 Å². The number of ether oxygens (including phenoxy) is 1. The zero-order valence-corrected chi connectivity index (χ0v) is 12.2. The fourth-order valence-electron chi connectivity index (χ4n) is 3.97. The molecule has 3 nitrogen and oxygen atoms in total. The second-order valence-corrected chi connectivity index (χ2v) is 6.13. The van der Waals surface area contributed by atoms with Gasteiger partial charge in [0.2, 0.25) is 0 Å². The molecule has 0 spiro atoms. The van der Waals surface area contributed by atoms with Crippen LogP contribution in [0.4, 0.5) is 5.69 Å². The molecule has 3 heteroatoms. The summed E-state index contributed by atoms with van der Waals surface area (Å²) in [5.41, 5.74) is 2.48. The summed E-state index contributed by atoms with van der Waals surface area (Å²) in [5, 5.41) is 6.25. The zero-order chi connectivity index (χ0) is 14.5. The Kier molecular flexibility index (Phi) is 2.58. The molecule has 0 saturated carbocycles. The van der Waals surface area contributed by atoms with Crippen LogP contribution in [0, 0.1) is 5.92 Å². The van der Waals surface area contributed by atoms with Crippen molar-refractivity contribution in [3.63, 3.8) is 0 Å². The molecular weight excluding hydrogens is 274 g/mol. The van der Waals surface area contributed by atoms with Crippen molar-refractivity contribution >= 4 is 16.5 Å². The van der Waals surface area contributed by atoms with Crippen molar-refractivity contribution in [1.29, 1.82) is 0 Å². The number of benzene rings is 2. The van der Waals surface area contributed by atoms with Crippen LogP contribution in [0.15, 0.2) is 59.2 Å². The van der Waals surface area contributed by atoms with Crippen LogP contribution in [0.25, 0.3) is 10.8 Å². The van der Waals surface area contributed by atoms with E-state index in [0.29, 0.717) is 5.92 Å². The standard InChI is InChI=1S/C19H17NO2/c1-2-5-13-12(4-1)7-8-14-17(13)20-18(16-6-3-10-21-16)15-9-11-22-19(14)15/h1-8,10,15,18-20H,9,11H2/t15-,18+,19+/m1/s1. The minimum atomic E-state index is 0.163. The summed E-state index contributed by atoms with van der Waals surface area (Å²) in [7, 11) is 0. The van der Waals surface area contributed by atoms with E-state index in [2.05, 4.69) is 47.8 Å². The molecule has 0 aliphatic carbocycles. The van der Waals surface area contributed by atoms with Crippen LogP contribution in [0.3, 0.4) is 0 Å². The van der Waals surface area contributed by atoms with Crippen molar-refractivity contribution < 1.29 is 9.15 Å². The molecule has 22 heavy (non-hydrogen) atoms. The molecule has 2 aliphatic heterocycles. The minimum Gasteiger partial charge on any atom is -0.467 e. The van der Waals surface area contributed by atoms with Gasteiger partial charge in [0.15, 0.2) is 0 Å².